The summed E-state index contributed by atoms with van der Waals surface area (Å²) in [5.41, 5.74) is 1.06. The lowest BCUT2D eigenvalue weighted by Gasteiger charge is -2.30. The maximum atomic E-state index is 12.5. The van der Waals surface area contributed by atoms with Crippen LogP contribution in [0.15, 0.2) is 36.5 Å². The van der Waals surface area contributed by atoms with Crippen molar-refractivity contribution in [2.45, 2.75) is 25.9 Å². The van der Waals surface area contributed by atoms with E-state index in [-0.39, 0.29) is 17.9 Å². The zero-order chi connectivity index (χ0) is 14.7. The largest absolute Gasteiger partial charge is 0.373 e. The Morgan fingerprint density at radius 3 is 2.90 bits per heavy atom. The summed E-state index contributed by atoms with van der Waals surface area (Å²) in [5.74, 6) is -0.164. The number of hydrogen-bond acceptors (Lipinski definition) is 4. The second-order valence-corrected chi connectivity index (χ2v) is 6.45. The molecule has 0 aliphatic carbocycles. The van der Waals surface area contributed by atoms with Gasteiger partial charge in [-0.2, -0.15) is 0 Å². The number of carbonyl (C=O) groups excluding carboxylic acids is 1. The average molecular weight is 302 g/mol. The number of aryl methyl sites for hydroxylation is 1. The van der Waals surface area contributed by atoms with Gasteiger partial charge in [-0.15, -0.1) is 11.3 Å². The first kappa shape index (κ1) is 14.2. The molecule has 3 rings (SSSR count). The van der Waals surface area contributed by atoms with Crippen LogP contribution in [0.1, 0.15) is 29.4 Å². The second kappa shape index (κ2) is 6.37. The van der Waals surface area contributed by atoms with Gasteiger partial charge in [0, 0.05) is 17.7 Å². The maximum Gasteiger partial charge on any atom is 0.232 e. The van der Waals surface area contributed by atoms with Crippen LogP contribution in [0.2, 0.25) is 0 Å². The molecule has 4 nitrogen and oxygen atoms in total. The summed E-state index contributed by atoms with van der Waals surface area (Å²) in [6.07, 6.45) is 3.36. The third-order valence-corrected chi connectivity index (χ3v) is 4.47. The number of nitrogens with one attached hydrogen (secondary N) is 1. The minimum atomic E-state index is -0.166. The van der Waals surface area contributed by atoms with Crippen molar-refractivity contribution >= 4 is 22.4 Å². The maximum absolute atomic E-state index is 12.5. The number of aromatic nitrogens is 1. The van der Waals surface area contributed by atoms with E-state index in [1.165, 1.54) is 11.3 Å². The van der Waals surface area contributed by atoms with Crippen molar-refractivity contribution in [2.24, 2.45) is 5.92 Å². The molecular weight excluding hydrogens is 284 g/mol. The standard InChI is InChI=1S/C16H18N2O2S/c1-11-10-17-16(21-11)18-15(19)13-8-5-9-20-14(13)12-6-3-2-4-7-12/h2-4,6-7,10,13-14H,5,8-9H2,1H3,(H,17,18,19)/t13-,14-/m1/s1. The van der Waals surface area contributed by atoms with Crippen molar-refractivity contribution in [1.82, 2.24) is 4.98 Å². The third kappa shape index (κ3) is 3.31. The van der Waals surface area contributed by atoms with E-state index < -0.39 is 0 Å². The Labute approximate surface area is 128 Å². The monoisotopic (exact) mass is 302 g/mol. The SMILES string of the molecule is Cc1cnc(NC(=O)[C@@H]2CCCO[C@@H]2c2ccccc2)s1. The van der Waals surface area contributed by atoms with Crippen LogP contribution >= 0.6 is 11.3 Å². The zero-order valence-electron chi connectivity index (χ0n) is 11.9. The predicted octanol–water partition coefficient (Wildman–Crippen LogP) is 3.56. The molecule has 21 heavy (non-hydrogen) atoms. The smallest absolute Gasteiger partial charge is 0.232 e. The van der Waals surface area contributed by atoms with Crippen molar-refractivity contribution in [3.05, 3.63) is 47.0 Å². The van der Waals surface area contributed by atoms with Gasteiger partial charge in [-0.25, -0.2) is 4.98 Å². The van der Waals surface area contributed by atoms with Crippen LogP contribution in [0, 0.1) is 12.8 Å². The van der Waals surface area contributed by atoms with Gasteiger partial charge in [-0.1, -0.05) is 30.3 Å². The first-order valence-electron chi connectivity index (χ1n) is 7.14. The molecule has 0 radical (unpaired) electrons. The van der Waals surface area contributed by atoms with Gasteiger partial charge in [0.15, 0.2) is 5.13 Å². The number of nitrogens with zero attached hydrogens (tertiary/aromatic N) is 1. The van der Waals surface area contributed by atoms with Gasteiger partial charge >= 0.3 is 0 Å². The molecule has 2 atom stereocenters. The predicted molar refractivity (Wildman–Crippen MR) is 83.3 cm³/mol. The fourth-order valence-electron chi connectivity index (χ4n) is 2.63. The normalized spacial score (nSPS) is 22.0. The lowest BCUT2D eigenvalue weighted by atomic mass is 9.89. The van der Waals surface area contributed by atoms with Crippen molar-refractivity contribution in [3.63, 3.8) is 0 Å². The number of rotatable bonds is 3. The summed E-state index contributed by atoms with van der Waals surface area (Å²) in [5, 5.41) is 3.58. The van der Waals surface area contributed by atoms with E-state index in [2.05, 4.69) is 10.3 Å². The molecule has 1 saturated heterocycles. The average Bonchev–Trinajstić information content (AvgIpc) is 2.93. The fraction of sp³-hybridized carbons (Fsp3) is 0.375. The molecule has 1 N–H and O–H groups in total. The van der Waals surface area contributed by atoms with Gasteiger partial charge in [0.05, 0.1) is 12.0 Å². The quantitative estimate of drug-likeness (QED) is 0.943. The van der Waals surface area contributed by atoms with E-state index in [0.717, 1.165) is 23.3 Å². The number of benzene rings is 1. The van der Waals surface area contributed by atoms with Crippen LogP contribution in [-0.4, -0.2) is 17.5 Å². The molecule has 0 saturated carbocycles. The van der Waals surface area contributed by atoms with Gasteiger partial charge in [-0.05, 0) is 25.3 Å². The van der Waals surface area contributed by atoms with Crippen LogP contribution in [-0.2, 0) is 9.53 Å². The number of ether oxygens (including phenoxy) is 1. The summed E-state index contributed by atoms with van der Waals surface area (Å²) in [6, 6.07) is 9.96. The first-order chi connectivity index (χ1) is 10.2. The number of carbonyl (C=O) groups is 1. The molecule has 0 unspecified atom stereocenters. The molecule has 110 valence electrons. The molecule has 1 amide bonds. The Hall–Kier alpha value is -1.72. The molecule has 0 bridgehead atoms. The molecule has 1 aromatic heterocycles. The van der Waals surface area contributed by atoms with Crippen molar-refractivity contribution < 1.29 is 9.53 Å². The summed E-state index contributed by atoms with van der Waals surface area (Å²) >= 11 is 1.49. The van der Waals surface area contributed by atoms with Crippen molar-refractivity contribution in [2.75, 3.05) is 11.9 Å². The molecule has 5 heteroatoms. The Balaban J connectivity index is 1.76. The van der Waals surface area contributed by atoms with E-state index in [9.17, 15) is 4.79 Å². The highest BCUT2D eigenvalue weighted by atomic mass is 32.1. The Morgan fingerprint density at radius 1 is 1.38 bits per heavy atom. The zero-order valence-corrected chi connectivity index (χ0v) is 12.7. The van der Waals surface area contributed by atoms with Crippen LogP contribution in [0.4, 0.5) is 5.13 Å². The first-order valence-corrected chi connectivity index (χ1v) is 7.95. The van der Waals surface area contributed by atoms with Gasteiger partial charge < -0.3 is 10.1 Å². The number of anilines is 1. The highest BCUT2D eigenvalue weighted by molar-refractivity contribution is 7.15. The molecule has 1 aliphatic heterocycles. The van der Waals surface area contributed by atoms with Gasteiger partial charge in [0.2, 0.25) is 5.91 Å². The molecular formula is C16H18N2O2S. The second-order valence-electron chi connectivity index (χ2n) is 5.22. The van der Waals surface area contributed by atoms with Crippen molar-refractivity contribution in [3.8, 4) is 0 Å². The lowest BCUT2D eigenvalue weighted by molar-refractivity contribution is -0.129. The van der Waals surface area contributed by atoms with Gasteiger partial charge in [0.1, 0.15) is 0 Å². The van der Waals surface area contributed by atoms with Gasteiger partial charge in [-0.3, -0.25) is 4.79 Å². The topological polar surface area (TPSA) is 51.2 Å². The Kier molecular flexibility index (Phi) is 4.31. The Bertz CT molecular complexity index is 612. The van der Waals surface area contributed by atoms with Crippen LogP contribution < -0.4 is 5.32 Å². The molecule has 2 heterocycles. The third-order valence-electron chi connectivity index (χ3n) is 3.64. The molecule has 2 aromatic rings. The lowest BCUT2D eigenvalue weighted by Crippen LogP contribution is -2.33. The van der Waals surface area contributed by atoms with Crippen LogP contribution in [0.5, 0.6) is 0 Å². The summed E-state index contributed by atoms with van der Waals surface area (Å²) in [7, 11) is 0. The fourth-order valence-corrected chi connectivity index (χ4v) is 3.30. The van der Waals surface area contributed by atoms with Crippen LogP contribution in [0.25, 0.3) is 0 Å². The van der Waals surface area contributed by atoms with Crippen LogP contribution in [0.3, 0.4) is 0 Å². The highest BCUT2D eigenvalue weighted by Gasteiger charge is 2.33. The molecule has 0 spiro atoms. The summed E-state index contributed by atoms with van der Waals surface area (Å²) < 4.78 is 5.86. The highest BCUT2D eigenvalue weighted by Crippen LogP contribution is 2.34. The van der Waals surface area contributed by atoms with E-state index in [4.69, 9.17) is 4.74 Å². The van der Waals surface area contributed by atoms with E-state index in [1.807, 2.05) is 37.3 Å². The van der Waals surface area contributed by atoms with E-state index in [0.29, 0.717) is 11.7 Å². The van der Waals surface area contributed by atoms with Gasteiger partial charge in [0.25, 0.3) is 0 Å². The minimum absolute atomic E-state index is 0.00194. The number of hydrogen-bond donors (Lipinski definition) is 1. The summed E-state index contributed by atoms with van der Waals surface area (Å²) in [4.78, 5) is 17.8. The van der Waals surface area contributed by atoms with E-state index >= 15 is 0 Å². The summed E-state index contributed by atoms with van der Waals surface area (Å²) in [6.45, 7) is 2.68. The van der Waals surface area contributed by atoms with E-state index in [1.54, 1.807) is 6.20 Å². The number of amides is 1. The number of thiazole rings is 1. The van der Waals surface area contributed by atoms with Crippen molar-refractivity contribution in [1.29, 1.82) is 0 Å². The molecule has 1 fully saturated rings. The molecule has 1 aliphatic rings. The molecule has 1 aromatic carbocycles. The Morgan fingerprint density at radius 2 is 2.19 bits per heavy atom. The minimum Gasteiger partial charge on any atom is -0.373 e.